The lowest BCUT2D eigenvalue weighted by Crippen LogP contribution is -2.11. The van der Waals surface area contributed by atoms with Crippen LogP contribution in [0.4, 0.5) is 0 Å². The van der Waals surface area contributed by atoms with Crippen molar-refractivity contribution >= 4 is 16.9 Å². The zero-order valence-corrected chi connectivity index (χ0v) is 18.8. The van der Waals surface area contributed by atoms with Gasteiger partial charge in [0, 0.05) is 22.9 Å². The SMILES string of the molecule is CCOC(=O)CCc1cc2ccc(OCc3ccc(-c4ccccc4)cc3)c(C)c2oc1=O. The summed E-state index contributed by atoms with van der Waals surface area (Å²) in [6.45, 7) is 4.36. The lowest BCUT2D eigenvalue weighted by molar-refractivity contribution is -0.143. The summed E-state index contributed by atoms with van der Waals surface area (Å²) in [6, 6.07) is 24.0. The zero-order valence-electron chi connectivity index (χ0n) is 18.8. The number of benzene rings is 3. The minimum absolute atomic E-state index is 0.146. The van der Waals surface area contributed by atoms with Crippen molar-refractivity contribution in [3.05, 3.63) is 99.9 Å². The Bertz CT molecular complexity index is 1300. The molecule has 1 aromatic heterocycles. The van der Waals surface area contributed by atoms with Gasteiger partial charge in [-0.05, 0) is 55.2 Å². The molecule has 0 radical (unpaired) electrons. The highest BCUT2D eigenvalue weighted by Gasteiger charge is 2.13. The van der Waals surface area contributed by atoms with Crippen LogP contribution < -0.4 is 10.4 Å². The molecule has 5 heteroatoms. The van der Waals surface area contributed by atoms with Crippen molar-refractivity contribution in [3.8, 4) is 16.9 Å². The second kappa shape index (κ2) is 10.2. The number of rotatable bonds is 8. The number of ether oxygens (including phenoxy) is 2. The smallest absolute Gasteiger partial charge is 0.339 e. The van der Waals surface area contributed by atoms with Gasteiger partial charge >= 0.3 is 11.6 Å². The molecule has 4 rings (SSSR count). The van der Waals surface area contributed by atoms with Crippen LogP contribution in [0.5, 0.6) is 5.75 Å². The van der Waals surface area contributed by atoms with Gasteiger partial charge < -0.3 is 13.9 Å². The van der Waals surface area contributed by atoms with Gasteiger partial charge in [0.1, 0.15) is 17.9 Å². The molecular weight excluding hydrogens is 416 g/mol. The Morgan fingerprint density at radius 1 is 0.939 bits per heavy atom. The molecule has 5 nitrogen and oxygen atoms in total. The van der Waals surface area contributed by atoms with Gasteiger partial charge in [-0.1, -0.05) is 54.6 Å². The minimum atomic E-state index is -0.441. The molecule has 4 aromatic rings. The number of carbonyl (C=O) groups excluding carboxylic acids is 1. The molecule has 0 aliphatic rings. The largest absolute Gasteiger partial charge is 0.488 e. The number of carbonyl (C=O) groups is 1. The molecule has 0 aliphatic heterocycles. The Balaban J connectivity index is 1.47. The maximum atomic E-state index is 12.4. The highest BCUT2D eigenvalue weighted by molar-refractivity contribution is 5.82. The predicted molar refractivity (Wildman–Crippen MR) is 128 cm³/mol. The van der Waals surface area contributed by atoms with Crippen molar-refractivity contribution in [2.45, 2.75) is 33.3 Å². The first-order valence-electron chi connectivity index (χ1n) is 11.0. The Hall–Kier alpha value is -3.86. The van der Waals surface area contributed by atoms with Crippen LogP contribution in [0.1, 0.15) is 30.0 Å². The van der Waals surface area contributed by atoms with Crippen LogP contribution >= 0.6 is 0 Å². The van der Waals surface area contributed by atoms with E-state index in [0.717, 1.165) is 22.1 Å². The van der Waals surface area contributed by atoms with Crippen molar-refractivity contribution in [2.24, 2.45) is 0 Å². The van der Waals surface area contributed by atoms with Crippen LogP contribution in [-0.2, 0) is 22.6 Å². The van der Waals surface area contributed by atoms with E-state index in [1.165, 1.54) is 5.56 Å². The first-order chi connectivity index (χ1) is 16.0. The summed E-state index contributed by atoms with van der Waals surface area (Å²) in [5.74, 6) is 0.339. The third-order valence-electron chi connectivity index (χ3n) is 5.53. The Kier molecular flexibility index (Phi) is 6.89. The maximum Gasteiger partial charge on any atom is 0.339 e. The van der Waals surface area contributed by atoms with Gasteiger partial charge in [0.05, 0.1) is 6.61 Å². The first kappa shape index (κ1) is 22.3. The molecule has 0 spiro atoms. The van der Waals surface area contributed by atoms with Gasteiger partial charge in [0.2, 0.25) is 0 Å². The molecular formula is C28H26O5. The average Bonchev–Trinajstić information content (AvgIpc) is 2.84. The normalized spacial score (nSPS) is 10.8. The van der Waals surface area contributed by atoms with E-state index in [0.29, 0.717) is 30.1 Å². The molecule has 168 valence electrons. The molecule has 0 saturated carbocycles. The molecule has 0 aliphatic carbocycles. The summed E-state index contributed by atoms with van der Waals surface area (Å²) in [4.78, 5) is 24.0. The fourth-order valence-corrected chi connectivity index (χ4v) is 3.73. The van der Waals surface area contributed by atoms with Crippen LogP contribution in [-0.4, -0.2) is 12.6 Å². The van der Waals surface area contributed by atoms with E-state index in [1.807, 2.05) is 37.3 Å². The molecule has 0 unspecified atom stereocenters. The Labute approximate surface area is 192 Å². The van der Waals surface area contributed by atoms with Crippen molar-refractivity contribution < 1.29 is 18.7 Å². The van der Waals surface area contributed by atoms with Crippen molar-refractivity contribution in [1.29, 1.82) is 0 Å². The number of esters is 1. The van der Waals surface area contributed by atoms with E-state index >= 15 is 0 Å². The van der Waals surface area contributed by atoms with Gasteiger partial charge in [-0.15, -0.1) is 0 Å². The first-order valence-corrected chi connectivity index (χ1v) is 11.0. The van der Waals surface area contributed by atoms with E-state index in [4.69, 9.17) is 13.9 Å². The topological polar surface area (TPSA) is 65.7 Å². The molecule has 0 atom stereocenters. The summed E-state index contributed by atoms with van der Waals surface area (Å²) in [5, 5.41) is 0.797. The predicted octanol–water partition coefficient (Wildman–Crippen LogP) is 5.84. The lowest BCUT2D eigenvalue weighted by Gasteiger charge is -2.12. The third kappa shape index (κ3) is 5.32. The van der Waals surface area contributed by atoms with Crippen LogP contribution in [0.3, 0.4) is 0 Å². The van der Waals surface area contributed by atoms with Gasteiger partial charge in [-0.3, -0.25) is 4.79 Å². The Morgan fingerprint density at radius 2 is 1.67 bits per heavy atom. The van der Waals surface area contributed by atoms with E-state index < -0.39 is 5.63 Å². The molecule has 1 heterocycles. The molecule has 3 aromatic carbocycles. The summed E-state index contributed by atoms with van der Waals surface area (Å²) in [7, 11) is 0. The van der Waals surface area contributed by atoms with Crippen molar-refractivity contribution in [1.82, 2.24) is 0 Å². The fraction of sp³-hybridized carbons (Fsp3) is 0.214. The number of fused-ring (bicyclic) bond motifs is 1. The molecule has 0 N–H and O–H groups in total. The summed E-state index contributed by atoms with van der Waals surface area (Å²) in [5.41, 5.74) is 4.66. The van der Waals surface area contributed by atoms with Gasteiger partial charge in [0.25, 0.3) is 0 Å². The second-order valence-electron chi connectivity index (χ2n) is 7.82. The second-order valence-corrected chi connectivity index (χ2v) is 7.82. The lowest BCUT2D eigenvalue weighted by atomic mass is 10.0. The third-order valence-corrected chi connectivity index (χ3v) is 5.53. The maximum absolute atomic E-state index is 12.4. The fourth-order valence-electron chi connectivity index (χ4n) is 3.73. The zero-order chi connectivity index (χ0) is 23.2. The highest BCUT2D eigenvalue weighted by atomic mass is 16.5. The monoisotopic (exact) mass is 442 g/mol. The van der Waals surface area contributed by atoms with E-state index in [2.05, 4.69) is 36.4 Å². The van der Waals surface area contributed by atoms with Crippen LogP contribution in [0.25, 0.3) is 22.1 Å². The Morgan fingerprint density at radius 3 is 2.39 bits per heavy atom. The minimum Gasteiger partial charge on any atom is -0.488 e. The number of hydrogen-bond donors (Lipinski definition) is 0. The molecule has 0 amide bonds. The molecule has 33 heavy (non-hydrogen) atoms. The molecule has 0 bridgehead atoms. The van der Waals surface area contributed by atoms with E-state index in [-0.39, 0.29) is 18.8 Å². The van der Waals surface area contributed by atoms with Crippen molar-refractivity contribution in [2.75, 3.05) is 6.61 Å². The van der Waals surface area contributed by atoms with Crippen LogP contribution in [0.2, 0.25) is 0 Å². The number of hydrogen-bond acceptors (Lipinski definition) is 5. The summed E-state index contributed by atoms with van der Waals surface area (Å²) < 4.78 is 16.5. The van der Waals surface area contributed by atoms with Crippen LogP contribution in [0.15, 0.2) is 82.0 Å². The quantitative estimate of drug-likeness (QED) is 0.253. The van der Waals surface area contributed by atoms with E-state index in [9.17, 15) is 9.59 Å². The van der Waals surface area contributed by atoms with E-state index in [1.54, 1.807) is 13.0 Å². The summed E-state index contributed by atoms with van der Waals surface area (Å²) >= 11 is 0. The number of aryl methyl sites for hydroxylation is 2. The van der Waals surface area contributed by atoms with Crippen LogP contribution in [0, 0.1) is 6.92 Å². The van der Waals surface area contributed by atoms with Gasteiger partial charge in [-0.25, -0.2) is 4.79 Å². The average molecular weight is 443 g/mol. The van der Waals surface area contributed by atoms with Gasteiger partial charge in [0.15, 0.2) is 0 Å². The molecule has 0 saturated heterocycles. The van der Waals surface area contributed by atoms with Crippen molar-refractivity contribution in [3.63, 3.8) is 0 Å². The highest BCUT2D eigenvalue weighted by Crippen LogP contribution is 2.28. The standard InChI is InChI=1S/C28H26O5/c1-3-31-26(29)16-14-24-17-23-13-15-25(19(2)27(23)33-28(24)30)32-18-20-9-11-22(12-10-20)21-7-5-4-6-8-21/h4-13,15,17H,3,14,16,18H2,1-2H3. The van der Waals surface area contributed by atoms with Gasteiger partial charge in [-0.2, -0.15) is 0 Å². The summed E-state index contributed by atoms with van der Waals surface area (Å²) in [6.07, 6.45) is 0.431. The molecule has 0 fully saturated rings.